The molecule has 2 aromatic carbocycles. The standard InChI is InChI=1S/C18H18O2/c1-14(2)13-18(17(19)20,15-9-5-3-6-10-15)16-11-7-4-8-12-16/h3-12H,1,13H2,2H3,(H,19,20). The van der Waals surface area contributed by atoms with Crippen LogP contribution >= 0.6 is 0 Å². The van der Waals surface area contributed by atoms with Gasteiger partial charge in [-0.25, -0.2) is 0 Å². The molecule has 0 radical (unpaired) electrons. The molecular weight excluding hydrogens is 248 g/mol. The molecule has 0 aliphatic carbocycles. The zero-order valence-corrected chi connectivity index (χ0v) is 11.5. The van der Waals surface area contributed by atoms with Gasteiger partial charge in [0.15, 0.2) is 0 Å². The predicted octanol–water partition coefficient (Wildman–Crippen LogP) is 4.02. The maximum absolute atomic E-state index is 12.1. The third kappa shape index (κ3) is 2.50. The molecule has 0 bridgehead atoms. The lowest BCUT2D eigenvalue weighted by Crippen LogP contribution is -2.37. The molecule has 2 rings (SSSR count). The third-order valence-electron chi connectivity index (χ3n) is 3.47. The molecule has 102 valence electrons. The van der Waals surface area contributed by atoms with E-state index in [4.69, 9.17) is 0 Å². The summed E-state index contributed by atoms with van der Waals surface area (Å²) in [5.41, 5.74) is 1.33. The highest BCUT2D eigenvalue weighted by molar-refractivity contribution is 5.86. The van der Waals surface area contributed by atoms with E-state index in [1.54, 1.807) is 0 Å². The van der Waals surface area contributed by atoms with Crippen LogP contribution in [0.25, 0.3) is 0 Å². The Balaban J connectivity index is 2.69. The fourth-order valence-electron chi connectivity index (χ4n) is 2.59. The van der Waals surface area contributed by atoms with E-state index < -0.39 is 11.4 Å². The lowest BCUT2D eigenvalue weighted by atomic mass is 9.70. The molecule has 0 aromatic heterocycles. The minimum Gasteiger partial charge on any atom is -0.480 e. The Morgan fingerprint density at radius 1 is 1.00 bits per heavy atom. The summed E-state index contributed by atoms with van der Waals surface area (Å²) in [4.78, 5) is 12.1. The fourth-order valence-corrected chi connectivity index (χ4v) is 2.59. The highest BCUT2D eigenvalue weighted by Gasteiger charge is 2.41. The largest absolute Gasteiger partial charge is 0.480 e. The van der Waals surface area contributed by atoms with Crippen molar-refractivity contribution in [2.75, 3.05) is 0 Å². The maximum atomic E-state index is 12.1. The molecule has 0 fully saturated rings. The second-order valence-corrected chi connectivity index (χ2v) is 5.08. The van der Waals surface area contributed by atoms with Crippen LogP contribution < -0.4 is 0 Å². The van der Waals surface area contributed by atoms with Gasteiger partial charge in [-0.3, -0.25) is 4.79 Å². The van der Waals surface area contributed by atoms with Crippen LogP contribution in [0.15, 0.2) is 72.8 Å². The Labute approximate surface area is 119 Å². The van der Waals surface area contributed by atoms with Crippen molar-refractivity contribution in [3.05, 3.63) is 83.9 Å². The van der Waals surface area contributed by atoms with Crippen LogP contribution in [0.4, 0.5) is 0 Å². The van der Waals surface area contributed by atoms with Gasteiger partial charge >= 0.3 is 5.97 Å². The number of carboxylic acids is 1. The van der Waals surface area contributed by atoms with Crippen LogP contribution in [0.5, 0.6) is 0 Å². The van der Waals surface area contributed by atoms with Crippen LogP contribution in [0.3, 0.4) is 0 Å². The van der Waals surface area contributed by atoms with Gasteiger partial charge in [0.25, 0.3) is 0 Å². The van der Waals surface area contributed by atoms with Crippen LogP contribution in [0.1, 0.15) is 24.5 Å². The number of rotatable bonds is 5. The molecule has 0 heterocycles. The second kappa shape index (κ2) is 5.74. The molecule has 2 heteroatoms. The van der Waals surface area contributed by atoms with E-state index in [9.17, 15) is 9.90 Å². The minimum atomic E-state index is -1.08. The van der Waals surface area contributed by atoms with Gasteiger partial charge in [-0.2, -0.15) is 0 Å². The Morgan fingerprint density at radius 3 is 1.70 bits per heavy atom. The third-order valence-corrected chi connectivity index (χ3v) is 3.47. The number of hydrogen-bond acceptors (Lipinski definition) is 1. The summed E-state index contributed by atoms with van der Waals surface area (Å²) in [5, 5.41) is 9.94. The van der Waals surface area contributed by atoms with Gasteiger partial charge < -0.3 is 5.11 Å². The van der Waals surface area contributed by atoms with Crippen LogP contribution in [0.2, 0.25) is 0 Å². The summed E-state index contributed by atoms with van der Waals surface area (Å²) in [7, 11) is 0. The Bertz CT molecular complexity index is 560. The van der Waals surface area contributed by atoms with E-state index in [1.165, 1.54) is 0 Å². The lowest BCUT2D eigenvalue weighted by Gasteiger charge is -2.31. The van der Waals surface area contributed by atoms with E-state index in [2.05, 4.69) is 6.58 Å². The summed E-state index contributed by atoms with van der Waals surface area (Å²) in [6, 6.07) is 18.7. The molecule has 0 unspecified atom stereocenters. The van der Waals surface area contributed by atoms with Crippen LogP contribution in [0, 0.1) is 0 Å². The van der Waals surface area contributed by atoms with Gasteiger partial charge in [-0.05, 0) is 24.5 Å². The van der Waals surface area contributed by atoms with Crippen molar-refractivity contribution in [1.82, 2.24) is 0 Å². The SMILES string of the molecule is C=C(C)CC(C(=O)O)(c1ccccc1)c1ccccc1. The number of carbonyl (C=O) groups is 1. The first-order valence-corrected chi connectivity index (χ1v) is 6.56. The first kappa shape index (κ1) is 14.1. The van der Waals surface area contributed by atoms with E-state index >= 15 is 0 Å². The summed E-state index contributed by atoms with van der Waals surface area (Å²) in [6.45, 7) is 5.77. The Morgan fingerprint density at radius 2 is 1.40 bits per heavy atom. The van der Waals surface area contributed by atoms with E-state index in [0.717, 1.165) is 16.7 Å². The predicted molar refractivity (Wildman–Crippen MR) is 80.7 cm³/mol. The monoisotopic (exact) mass is 266 g/mol. The first-order chi connectivity index (χ1) is 9.57. The molecule has 0 aliphatic heterocycles. The molecule has 0 atom stereocenters. The van der Waals surface area contributed by atoms with Crippen molar-refractivity contribution in [3.63, 3.8) is 0 Å². The molecule has 0 aliphatic rings. The summed E-state index contributed by atoms with van der Waals surface area (Å²) >= 11 is 0. The fraction of sp³-hybridized carbons (Fsp3) is 0.167. The molecular formula is C18H18O2. The summed E-state index contributed by atoms with van der Waals surface area (Å²) < 4.78 is 0. The van der Waals surface area contributed by atoms with Crippen molar-refractivity contribution in [3.8, 4) is 0 Å². The van der Waals surface area contributed by atoms with Crippen LogP contribution in [-0.4, -0.2) is 11.1 Å². The van der Waals surface area contributed by atoms with Gasteiger partial charge in [0, 0.05) is 0 Å². The normalized spacial score (nSPS) is 11.1. The van der Waals surface area contributed by atoms with Gasteiger partial charge in [0.2, 0.25) is 0 Å². The lowest BCUT2D eigenvalue weighted by molar-refractivity contribution is -0.142. The second-order valence-electron chi connectivity index (χ2n) is 5.08. The zero-order valence-electron chi connectivity index (χ0n) is 11.5. The molecule has 2 nitrogen and oxygen atoms in total. The zero-order chi connectivity index (χ0) is 14.6. The van der Waals surface area contributed by atoms with Crippen molar-refractivity contribution in [1.29, 1.82) is 0 Å². The minimum absolute atomic E-state index is 0.385. The van der Waals surface area contributed by atoms with Gasteiger partial charge in [0.05, 0.1) is 0 Å². The molecule has 0 amide bonds. The molecule has 0 spiro atoms. The van der Waals surface area contributed by atoms with E-state index in [0.29, 0.717) is 6.42 Å². The van der Waals surface area contributed by atoms with Gasteiger partial charge in [-0.15, -0.1) is 6.58 Å². The summed E-state index contributed by atoms with van der Waals surface area (Å²) in [6.07, 6.45) is 0.385. The van der Waals surface area contributed by atoms with Crippen molar-refractivity contribution in [2.45, 2.75) is 18.8 Å². The number of aliphatic carboxylic acids is 1. The highest BCUT2D eigenvalue weighted by Crippen LogP contribution is 2.38. The average Bonchev–Trinajstić information content (AvgIpc) is 2.46. The number of carboxylic acid groups (broad SMARTS) is 1. The average molecular weight is 266 g/mol. The molecule has 2 aromatic rings. The van der Waals surface area contributed by atoms with Crippen LogP contribution in [-0.2, 0) is 10.2 Å². The number of allylic oxidation sites excluding steroid dienone is 1. The maximum Gasteiger partial charge on any atom is 0.318 e. The van der Waals surface area contributed by atoms with E-state index in [-0.39, 0.29) is 0 Å². The highest BCUT2D eigenvalue weighted by atomic mass is 16.4. The van der Waals surface area contributed by atoms with Gasteiger partial charge in [-0.1, -0.05) is 66.2 Å². The molecule has 0 saturated carbocycles. The first-order valence-electron chi connectivity index (χ1n) is 6.56. The summed E-state index contributed by atoms with van der Waals surface area (Å²) in [5.74, 6) is -0.849. The van der Waals surface area contributed by atoms with Crippen molar-refractivity contribution < 1.29 is 9.90 Å². The van der Waals surface area contributed by atoms with Gasteiger partial charge in [0.1, 0.15) is 5.41 Å². The number of benzene rings is 2. The molecule has 20 heavy (non-hydrogen) atoms. The number of hydrogen-bond donors (Lipinski definition) is 1. The molecule has 0 saturated heterocycles. The Kier molecular flexibility index (Phi) is 4.04. The molecule has 1 N–H and O–H groups in total. The Hall–Kier alpha value is -2.35. The van der Waals surface area contributed by atoms with Crippen molar-refractivity contribution in [2.24, 2.45) is 0 Å². The van der Waals surface area contributed by atoms with E-state index in [1.807, 2.05) is 67.6 Å². The quantitative estimate of drug-likeness (QED) is 0.830. The van der Waals surface area contributed by atoms with Crippen molar-refractivity contribution >= 4 is 5.97 Å². The smallest absolute Gasteiger partial charge is 0.318 e. The topological polar surface area (TPSA) is 37.3 Å².